The maximum atomic E-state index is 12.4. The van der Waals surface area contributed by atoms with Gasteiger partial charge in [0.05, 0.1) is 4.90 Å². The molecule has 0 aliphatic heterocycles. The van der Waals surface area contributed by atoms with Gasteiger partial charge in [0.2, 0.25) is 5.91 Å². The predicted molar refractivity (Wildman–Crippen MR) is 121 cm³/mol. The Morgan fingerprint density at radius 2 is 1.77 bits per heavy atom. The van der Waals surface area contributed by atoms with Gasteiger partial charge in [-0.25, -0.2) is 8.42 Å². The van der Waals surface area contributed by atoms with Crippen molar-refractivity contribution in [2.45, 2.75) is 17.7 Å². The minimum Gasteiger partial charge on any atom is -0.409 e. The number of sulfone groups is 1. The summed E-state index contributed by atoms with van der Waals surface area (Å²) in [6, 6.07) is 21.1. The normalized spacial score (nSPS) is 11.8. The Morgan fingerprint density at radius 1 is 1.03 bits per heavy atom. The van der Waals surface area contributed by atoms with Crippen molar-refractivity contribution in [3.8, 4) is 11.1 Å². The molecule has 3 aromatic carbocycles. The molecule has 0 fully saturated rings. The van der Waals surface area contributed by atoms with E-state index in [9.17, 15) is 13.2 Å². The summed E-state index contributed by atoms with van der Waals surface area (Å²) in [5.74, 6) is -0.251. The lowest BCUT2D eigenvalue weighted by molar-refractivity contribution is -0.116. The number of rotatable bonds is 7. The molecule has 0 saturated carbocycles. The van der Waals surface area contributed by atoms with Crippen molar-refractivity contribution in [1.82, 2.24) is 0 Å². The predicted octanol–water partition coefficient (Wildman–Crippen LogP) is 3.42. The van der Waals surface area contributed by atoms with Crippen LogP contribution >= 0.6 is 0 Å². The van der Waals surface area contributed by atoms with Gasteiger partial charge in [-0.2, -0.15) is 0 Å². The fraction of sp³-hybridized carbons (Fsp3) is 0.130. The average molecular weight is 438 g/mol. The van der Waals surface area contributed by atoms with Gasteiger partial charge < -0.3 is 16.3 Å². The largest absolute Gasteiger partial charge is 0.409 e. The van der Waals surface area contributed by atoms with Crippen LogP contribution in [-0.4, -0.2) is 31.6 Å². The van der Waals surface area contributed by atoms with Crippen LogP contribution in [0.2, 0.25) is 0 Å². The Kier molecular flexibility index (Phi) is 6.71. The van der Waals surface area contributed by atoms with Crippen LogP contribution in [0.5, 0.6) is 0 Å². The molecule has 8 heteroatoms. The number of anilines is 1. The molecule has 0 radical (unpaired) electrons. The molecule has 0 atom stereocenters. The Balaban J connectivity index is 1.75. The van der Waals surface area contributed by atoms with E-state index in [1.165, 1.54) is 6.07 Å². The second-order valence-corrected chi connectivity index (χ2v) is 9.07. The molecule has 3 aromatic rings. The number of nitrogens with zero attached hydrogens (tertiary/aromatic N) is 1. The van der Waals surface area contributed by atoms with Gasteiger partial charge in [0.15, 0.2) is 15.7 Å². The first kappa shape index (κ1) is 22.0. The molecule has 160 valence electrons. The number of nitrogens with one attached hydrogen (secondary N) is 1. The summed E-state index contributed by atoms with van der Waals surface area (Å²) in [7, 11) is -3.51. The lowest BCUT2D eigenvalue weighted by atomic mass is 10.0. The molecule has 31 heavy (non-hydrogen) atoms. The van der Waals surface area contributed by atoms with Crippen molar-refractivity contribution in [3.63, 3.8) is 0 Å². The molecule has 3 rings (SSSR count). The summed E-state index contributed by atoms with van der Waals surface area (Å²) in [6.07, 6.45) is 1.78. The van der Waals surface area contributed by atoms with Crippen molar-refractivity contribution in [3.05, 3.63) is 83.9 Å². The molecule has 0 aliphatic carbocycles. The van der Waals surface area contributed by atoms with Gasteiger partial charge in [-0.3, -0.25) is 4.79 Å². The summed E-state index contributed by atoms with van der Waals surface area (Å²) in [4.78, 5) is 12.6. The molecule has 4 N–H and O–H groups in total. The van der Waals surface area contributed by atoms with Crippen LogP contribution in [0.4, 0.5) is 5.69 Å². The van der Waals surface area contributed by atoms with E-state index in [1.807, 2.05) is 36.4 Å². The van der Waals surface area contributed by atoms with Crippen LogP contribution in [0.25, 0.3) is 11.1 Å². The van der Waals surface area contributed by atoms with Crippen LogP contribution in [0.3, 0.4) is 0 Å². The Labute approximate surface area is 181 Å². The fourth-order valence-corrected chi connectivity index (χ4v) is 4.11. The lowest BCUT2D eigenvalue weighted by Crippen LogP contribution is -2.14. The van der Waals surface area contributed by atoms with Crippen molar-refractivity contribution in [2.75, 3.05) is 11.6 Å². The number of nitrogens with two attached hydrogens (primary N) is 1. The van der Waals surface area contributed by atoms with E-state index in [-0.39, 0.29) is 23.1 Å². The van der Waals surface area contributed by atoms with Gasteiger partial charge in [0.25, 0.3) is 0 Å². The quantitative estimate of drug-likeness (QED) is 0.226. The summed E-state index contributed by atoms with van der Waals surface area (Å²) in [6.45, 7) is 0. The summed E-state index contributed by atoms with van der Waals surface area (Å²) in [5, 5.41) is 14.5. The van der Waals surface area contributed by atoms with E-state index in [4.69, 9.17) is 10.9 Å². The highest BCUT2D eigenvalue weighted by Crippen LogP contribution is 2.30. The highest BCUT2D eigenvalue weighted by Gasteiger charge is 2.16. The van der Waals surface area contributed by atoms with Crippen molar-refractivity contribution >= 4 is 27.3 Å². The Hall–Kier alpha value is -3.65. The van der Waals surface area contributed by atoms with Gasteiger partial charge in [-0.05, 0) is 35.7 Å². The fourth-order valence-electron chi connectivity index (χ4n) is 3.19. The van der Waals surface area contributed by atoms with E-state index in [2.05, 4.69) is 10.5 Å². The number of carbonyl (C=O) groups excluding carboxylic acids is 1. The van der Waals surface area contributed by atoms with E-state index in [0.29, 0.717) is 23.2 Å². The minimum absolute atomic E-state index is 0.00175. The molecule has 0 aliphatic rings. The number of hydrogen-bond donors (Lipinski definition) is 3. The maximum Gasteiger partial charge on any atom is 0.224 e. The van der Waals surface area contributed by atoms with E-state index < -0.39 is 9.84 Å². The van der Waals surface area contributed by atoms with E-state index >= 15 is 0 Å². The van der Waals surface area contributed by atoms with Crippen molar-refractivity contribution < 1.29 is 18.4 Å². The summed E-state index contributed by atoms with van der Waals surface area (Å²) < 4.78 is 24.7. The van der Waals surface area contributed by atoms with Crippen molar-refractivity contribution in [2.24, 2.45) is 10.9 Å². The minimum atomic E-state index is -3.51. The third-order valence-corrected chi connectivity index (χ3v) is 5.86. The molecule has 7 nitrogen and oxygen atoms in total. The average Bonchev–Trinajstić information content (AvgIpc) is 2.77. The summed E-state index contributed by atoms with van der Waals surface area (Å²) >= 11 is 0. The first-order valence-corrected chi connectivity index (χ1v) is 11.4. The second kappa shape index (κ2) is 9.44. The third-order valence-electron chi connectivity index (χ3n) is 4.72. The first-order chi connectivity index (χ1) is 14.8. The molecule has 0 spiro atoms. The number of oxime groups is 1. The number of hydrogen-bond acceptors (Lipinski definition) is 5. The van der Waals surface area contributed by atoms with Gasteiger partial charge in [0.1, 0.15) is 0 Å². The van der Waals surface area contributed by atoms with E-state index in [0.717, 1.165) is 17.4 Å². The number of carbonyl (C=O) groups is 1. The molecular formula is C23H23N3O4S. The van der Waals surface area contributed by atoms with Crippen LogP contribution < -0.4 is 11.1 Å². The van der Waals surface area contributed by atoms with Crippen molar-refractivity contribution in [1.29, 1.82) is 0 Å². The highest BCUT2D eigenvalue weighted by atomic mass is 32.2. The molecule has 0 heterocycles. The second-order valence-electron chi connectivity index (χ2n) is 7.08. The van der Waals surface area contributed by atoms with Crippen LogP contribution in [-0.2, 0) is 21.1 Å². The molecule has 0 bridgehead atoms. The molecule has 0 unspecified atom stereocenters. The van der Waals surface area contributed by atoms with Gasteiger partial charge in [-0.1, -0.05) is 59.8 Å². The van der Waals surface area contributed by atoms with Gasteiger partial charge >= 0.3 is 0 Å². The molecule has 0 saturated heterocycles. The maximum absolute atomic E-state index is 12.4. The standard InChI is InChI=1S/C23H23N3O4S/c1-31(29,30)21-15-19(11-12-20(21)17-7-3-2-4-8-17)25-22(27)13-10-16-6-5-9-18(14-16)23(24)26-28/h2-9,11-12,14-15,28H,10,13H2,1H3,(H2,24,26)(H,25,27). The lowest BCUT2D eigenvalue weighted by Gasteiger charge is -2.12. The zero-order valence-electron chi connectivity index (χ0n) is 16.9. The Bertz CT molecular complexity index is 1220. The van der Waals surface area contributed by atoms with Crippen LogP contribution in [0.15, 0.2) is 82.8 Å². The molecule has 0 aromatic heterocycles. The molecule has 1 amide bonds. The van der Waals surface area contributed by atoms with Gasteiger partial charge in [0, 0.05) is 29.5 Å². The Morgan fingerprint density at radius 3 is 2.45 bits per heavy atom. The number of aryl methyl sites for hydroxylation is 1. The monoisotopic (exact) mass is 437 g/mol. The molecular weight excluding hydrogens is 414 g/mol. The van der Waals surface area contributed by atoms with Crippen LogP contribution in [0.1, 0.15) is 17.5 Å². The summed E-state index contributed by atoms with van der Waals surface area (Å²) in [5.41, 5.74) is 8.80. The zero-order valence-corrected chi connectivity index (χ0v) is 17.8. The van der Waals surface area contributed by atoms with Crippen LogP contribution in [0, 0.1) is 0 Å². The number of amidine groups is 1. The zero-order chi connectivity index (χ0) is 22.4. The number of amides is 1. The first-order valence-electron chi connectivity index (χ1n) is 9.54. The van der Waals surface area contributed by atoms with E-state index in [1.54, 1.807) is 30.3 Å². The highest BCUT2D eigenvalue weighted by molar-refractivity contribution is 7.90. The van der Waals surface area contributed by atoms with Gasteiger partial charge in [-0.15, -0.1) is 0 Å². The topological polar surface area (TPSA) is 122 Å². The smallest absolute Gasteiger partial charge is 0.224 e. The third kappa shape index (κ3) is 5.70. The SMILES string of the molecule is CS(=O)(=O)c1cc(NC(=O)CCc2cccc(/C(N)=N/O)c2)ccc1-c1ccccc1. The number of benzene rings is 3.